The number of halogens is 1. The van der Waals surface area contributed by atoms with Crippen molar-refractivity contribution in [1.82, 2.24) is 15.0 Å². The van der Waals surface area contributed by atoms with Gasteiger partial charge in [0.25, 0.3) is 0 Å². The van der Waals surface area contributed by atoms with E-state index < -0.39 is 5.97 Å². The highest BCUT2D eigenvalue weighted by Crippen LogP contribution is 2.26. The Morgan fingerprint density at radius 1 is 1.17 bits per heavy atom. The second-order valence-corrected chi connectivity index (χ2v) is 6.26. The standard InChI is InChI=1S/C17H14FN3O2S/c1-10-15(17(22)23)24-16(21-10)14-9-19-13(8-20-14)7-4-11-2-5-12(18)6-3-11/h2-3,5-6,8-9H,4,7H2,1H3,(H,22,23). The summed E-state index contributed by atoms with van der Waals surface area (Å²) < 4.78 is 12.9. The molecule has 122 valence electrons. The normalized spacial score (nSPS) is 10.8. The fraction of sp³-hybridized carbons (Fsp3) is 0.176. The molecule has 0 fully saturated rings. The van der Waals surface area contributed by atoms with E-state index in [9.17, 15) is 9.18 Å². The van der Waals surface area contributed by atoms with E-state index >= 15 is 0 Å². The first-order valence-electron chi connectivity index (χ1n) is 7.29. The zero-order chi connectivity index (χ0) is 17.1. The van der Waals surface area contributed by atoms with Crippen molar-refractivity contribution in [1.29, 1.82) is 0 Å². The van der Waals surface area contributed by atoms with Gasteiger partial charge in [-0.1, -0.05) is 12.1 Å². The van der Waals surface area contributed by atoms with Crippen LogP contribution in [0.2, 0.25) is 0 Å². The quantitative estimate of drug-likeness (QED) is 0.767. The SMILES string of the molecule is Cc1nc(-c2cnc(CCc3ccc(F)cc3)cn2)sc1C(=O)O. The lowest BCUT2D eigenvalue weighted by atomic mass is 10.1. The Kier molecular flexibility index (Phi) is 4.61. The molecule has 0 unspecified atom stereocenters. The van der Waals surface area contributed by atoms with Gasteiger partial charge in [-0.2, -0.15) is 0 Å². The Hall–Kier alpha value is -2.67. The fourth-order valence-corrected chi connectivity index (χ4v) is 3.09. The molecule has 2 heterocycles. The average molecular weight is 343 g/mol. The third kappa shape index (κ3) is 3.62. The minimum atomic E-state index is -0.986. The molecule has 24 heavy (non-hydrogen) atoms. The maximum absolute atomic E-state index is 12.9. The molecule has 1 N–H and O–H groups in total. The summed E-state index contributed by atoms with van der Waals surface area (Å²) in [5.74, 6) is -1.23. The van der Waals surface area contributed by atoms with Gasteiger partial charge in [0.15, 0.2) is 0 Å². The zero-order valence-electron chi connectivity index (χ0n) is 12.9. The summed E-state index contributed by atoms with van der Waals surface area (Å²) in [6, 6.07) is 6.38. The molecule has 0 radical (unpaired) electrons. The van der Waals surface area contributed by atoms with Crippen LogP contribution in [0.4, 0.5) is 4.39 Å². The van der Waals surface area contributed by atoms with Crippen LogP contribution in [0.1, 0.15) is 26.6 Å². The lowest BCUT2D eigenvalue weighted by Crippen LogP contribution is -1.96. The molecule has 7 heteroatoms. The number of nitrogens with zero attached hydrogens (tertiary/aromatic N) is 3. The first-order valence-corrected chi connectivity index (χ1v) is 8.11. The number of hydrogen-bond donors (Lipinski definition) is 1. The van der Waals surface area contributed by atoms with E-state index in [1.165, 1.54) is 12.1 Å². The first kappa shape index (κ1) is 16.2. The van der Waals surface area contributed by atoms with Crippen molar-refractivity contribution in [3.63, 3.8) is 0 Å². The van der Waals surface area contributed by atoms with Crippen LogP contribution < -0.4 is 0 Å². The van der Waals surface area contributed by atoms with Gasteiger partial charge in [0.2, 0.25) is 0 Å². The lowest BCUT2D eigenvalue weighted by molar-refractivity contribution is 0.0701. The van der Waals surface area contributed by atoms with Crippen LogP contribution in [-0.4, -0.2) is 26.0 Å². The van der Waals surface area contributed by atoms with E-state index in [1.807, 2.05) is 0 Å². The number of thiazole rings is 1. The molecule has 0 saturated heterocycles. The van der Waals surface area contributed by atoms with Gasteiger partial charge in [0.1, 0.15) is 21.4 Å². The zero-order valence-corrected chi connectivity index (χ0v) is 13.7. The molecular weight excluding hydrogens is 329 g/mol. The van der Waals surface area contributed by atoms with E-state index in [-0.39, 0.29) is 10.7 Å². The molecule has 0 aliphatic rings. The van der Waals surface area contributed by atoms with Gasteiger partial charge < -0.3 is 5.11 Å². The van der Waals surface area contributed by atoms with Gasteiger partial charge in [-0.3, -0.25) is 9.97 Å². The van der Waals surface area contributed by atoms with Crippen LogP contribution in [0.3, 0.4) is 0 Å². The van der Waals surface area contributed by atoms with Crippen molar-refractivity contribution in [3.05, 3.63) is 64.3 Å². The highest BCUT2D eigenvalue weighted by atomic mass is 32.1. The van der Waals surface area contributed by atoms with Gasteiger partial charge in [-0.25, -0.2) is 14.2 Å². The molecule has 0 aliphatic heterocycles. The van der Waals surface area contributed by atoms with Gasteiger partial charge in [-0.15, -0.1) is 11.3 Å². The molecule has 0 spiro atoms. The Labute approximate surface area is 141 Å². The molecule has 5 nitrogen and oxygen atoms in total. The topological polar surface area (TPSA) is 76.0 Å². The van der Waals surface area contributed by atoms with E-state index in [2.05, 4.69) is 15.0 Å². The summed E-state index contributed by atoms with van der Waals surface area (Å²) in [5.41, 5.74) is 2.88. The predicted octanol–water partition coefficient (Wildman–Crippen LogP) is 3.53. The number of aromatic carboxylic acids is 1. The number of benzene rings is 1. The minimum Gasteiger partial charge on any atom is -0.477 e. The predicted molar refractivity (Wildman–Crippen MR) is 88.6 cm³/mol. The maximum atomic E-state index is 12.9. The summed E-state index contributed by atoms with van der Waals surface area (Å²) in [6.07, 6.45) is 4.70. The second-order valence-electron chi connectivity index (χ2n) is 5.26. The fourth-order valence-electron chi connectivity index (χ4n) is 2.22. The van der Waals surface area contributed by atoms with Crippen molar-refractivity contribution in [3.8, 4) is 10.7 Å². The molecule has 3 rings (SSSR count). The van der Waals surface area contributed by atoms with Crippen molar-refractivity contribution >= 4 is 17.3 Å². The molecule has 0 amide bonds. The molecule has 0 atom stereocenters. The summed E-state index contributed by atoms with van der Waals surface area (Å²) >= 11 is 1.09. The summed E-state index contributed by atoms with van der Waals surface area (Å²) in [4.78, 5) is 24.2. The van der Waals surface area contributed by atoms with Crippen LogP contribution >= 0.6 is 11.3 Å². The third-order valence-corrected chi connectivity index (χ3v) is 4.67. The average Bonchev–Trinajstić information content (AvgIpc) is 2.97. The largest absolute Gasteiger partial charge is 0.477 e. The van der Waals surface area contributed by atoms with E-state index in [0.717, 1.165) is 29.0 Å². The molecule has 0 aliphatic carbocycles. The lowest BCUT2D eigenvalue weighted by Gasteiger charge is -2.02. The molecule has 0 saturated carbocycles. The summed E-state index contributed by atoms with van der Waals surface area (Å²) in [5, 5.41) is 9.62. The maximum Gasteiger partial charge on any atom is 0.347 e. The number of carbonyl (C=O) groups is 1. The number of carboxylic acid groups (broad SMARTS) is 1. The molecular formula is C17H14FN3O2S. The van der Waals surface area contributed by atoms with Crippen molar-refractivity contribution in [2.45, 2.75) is 19.8 Å². The van der Waals surface area contributed by atoms with Crippen molar-refractivity contribution in [2.24, 2.45) is 0 Å². The van der Waals surface area contributed by atoms with Crippen LogP contribution in [0, 0.1) is 12.7 Å². The van der Waals surface area contributed by atoms with Gasteiger partial charge in [0, 0.05) is 6.20 Å². The Balaban J connectivity index is 1.70. The van der Waals surface area contributed by atoms with Crippen LogP contribution in [0.15, 0.2) is 36.7 Å². The summed E-state index contributed by atoms with van der Waals surface area (Å²) in [6.45, 7) is 1.66. The van der Waals surface area contributed by atoms with Crippen molar-refractivity contribution < 1.29 is 14.3 Å². The number of carboxylic acids is 1. The van der Waals surface area contributed by atoms with Gasteiger partial charge in [-0.05, 0) is 37.5 Å². The molecule has 3 aromatic rings. The van der Waals surface area contributed by atoms with Gasteiger partial charge >= 0.3 is 5.97 Å². The smallest absolute Gasteiger partial charge is 0.347 e. The minimum absolute atomic E-state index is 0.215. The number of hydrogen-bond acceptors (Lipinski definition) is 5. The van der Waals surface area contributed by atoms with E-state index in [1.54, 1.807) is 31.5 Å². The van der Waals surface area contributed by atoms with Crippen LogP contribution in [-0.2, 0) is 12.8 Å². The number of aryl methyl sites for hydroxylation is 3. The molecule has 2 aromatic heterocycles. The first-order chi connectivity index (χ1) is 11.5. The van der Waals surface area contributed by atoms with Crippen LogP contribution in [0.5, 0.6) is 0 Å². The highest BCUT2D eigenvalue weighted by Gasteiger charge is 2.15. The van der Waals surface area contributed by atoms with Crippen molar-refractivity contribution in [2.75, 3.05) is 0 Å². The van der Waals surface area contributed by atoms with E-state index in [4.69, 9.17) is 5.11 Å². The van der Waals surface area contributed by atoms with Crippen LogP contribution in [0.25, 0.3) is 10.7 Å². The molecule has 1 aromatic carbocycles. The highest BCUT2D eigenvalue weighted by molar-refractivity contribution is 7.16. The third-order valence-electron chi connectivity index (χ3n) is 3.50. The Morgan fingerprint density at radius 3 is 2.50 bits per heavy atom. The Bertz CT molecular complexity index is 861. The molecule has 0 bridgehead atoms. The second kappa shape index (κ2) is 6.84. The Morgan fingerprint density at radius 2 is 1.92 bits per heavy atom. The van der Waals surface area contributed by atoms with Gasteiger partial charge in [0.05, 0.1) is 17.6 Å². The summed E-state index contributed by atoms with van der Waals surface area (Å²) in [7, 11) is 0. The number of aromatic nitrogens is 3. The monoisotopic (exact) mass is 343 g/mol. The number of rotatable bonds is 5. The van der Waals surface area contributed by atoms with E-state index in [0.29, 0.717) is 22.8 Å².